The van der Waals surface area contributed by atoms with Crippen LogP contribution in [0.3, 0.4) is 0 Å². The lowest BCUT2D eigenvalue weighted by molar-refractivity contribution is 0.708. The Morgan fingerprint density at radius 1 is 1.86 bits per heavy atom. The molecule has 0 aliphatic heterocycles. The fraction of sp³-hybridized carbons (Fsp3) is 0.667. The Morgan fingerprint density at radius 3 is 2.57 bits per heavy atom. The molecule has 0 N–H and O–H groups in total. The summed E-state index contributed by atoms with van der Waals surface area (Å²) in [6, 6.07) is 0. The Kier molecular flexibility index (Phi) is 4.31. The average molecular weight is 115 g/mol. The van der Waals surface area contributed by atoms with Crippen molar-refractivity contribution in [2.45, 2.75) is 13.3 Å². The molecule has 0 aromatic carbocycles. The molecule has 0 saturated carbocycles. The Bertz CT molecular complexity index is 50.1. The van der Waals surface area contributed by atoms with Crippen LogP contribution in [0.5, 0.6) is 0 Å². The van der Waals surface area contributed by atoms with Gasteiger partial charge in [0.05, 0.1) is 0 Å². The molecule has 0 amide bonds. The summed E-state index contributed by atoms with van der Waals surface area (Å²) in [5.41, 5.74) is 0. The van der Waals surface area contributed by atoms with E-state index >= 15 is 0 Å². The largest absolute Gasteiger partial charge is 0.103 e. The molecule has 1 heteroatoms. The van der Waals surface area contributed by atoms with E-state index in [-0.39, 0.29) is 0 Å². The third kappa shape index (κ3) is 3.93. The van der Waals surface area contributed by atoms with Crippen LogP contribution in [-0.2, 0) is 0 Å². The molecule has 0 spiro atoms. The van der Waals surface area contributed by atoms with Gasteiger partial charge in [-0.05, 0) is 12.3 Å². The minimum atomic E-state index is 0.609. The van der Waals surface area contributed by atoms with Crippen LogP contribution < -0.4 is 0 Å². The van der Waals surface area contributed by atoms with Gasteiger partial charge in [0.25, 0.3) is 0 Å². The third-order valence-electron chi connectivity index (χ3n) is 0.976. The van der Waals surface area contributed by atoms with Gasteiger partial charge in [-0.3, -0.25) is 0 Å². The van der Waals surface area contributed by atoms with Crippen molar-refractivity contribution < 1.29 is 0 Å². The van der Waals surface area contributed by atoms with Crippen molar-refractivity contribution in [3.8, 4) is 0 Å². The maximum Gasteiger partial charge on any atom is 0.00424 e. The summed E-state index contributed by atoms with van der Waals surface area (Å²) in [6.07, 6.45) is 3.03. The fourth-order valence-electron chi connectivity index (χ4n) is 0.304. The topological polar surface area (TPSA) is 0 Å². The molecule has 0 fully saturated rings. The van der Waals surface area contributed by atoms with Crippen LogP contribution in [-0.4, -0.2) is 5.75 Å². The van der Waals surface area contributed by atoms with Gasteiger partial charge in [0.2, 0.25) is 0 Å². The van der Waals surface area contributed by atoms with Crippen molar-refractivity contribution >= 4 is 12.6 Å². The van der Waals surface area contributed by atoms with E-state index in [4.69, 9.17) is 12.6 Å². The number of hydrogen-bond donors (Lipinski definition) is 0. The molecule has 0 aliphatic rings. The second-order valence-electron chi connectivity index (χ2n) is 1.71. The molecule has 1 atom stereocenters. The van der Waals surface area contributed by atoms with Gasteiger partial charge in [0.15, 0.2) is 0 Å². The second-order valence-corrected chi connectivity index (χ2v) is 2.11. The van der Waals surface area contributed by atoms with Crippen LogP contribution in [0.15, 0.2) is 12.7 Å². The van der Waals surface area contributed by atoms with Crippen LogP contribution >= 0.6 is 12.6 Å². The Morgan fingerprint density at radius 2 is 2.43 bits per heavy atom. The predicted molar refractivity (Wildman–Crippen MR) is 36.4 cm³/mol. The highest BCUT2D eigenvalue weighted by molar-refractivity contribution is 7.80. The van der Waals surface area contributed by atoms with Crippen molar-refractivity contribution in [2.24, 2.45) is 5.92 Å². The van der Waals surface area contributed by atoms with Gasteiger partial charge in [-0.25, -0.2) is 0 Å². The molecule has 0 saturated heterocycles. The lowest BCUT2D eigenvalue weighted by atomic mass is 10.1. The first-order chi connectivity index (χ1) is 3.31. The summed E-state index contributed by atoms with van der Waals surface area (Å²) in [5.74, 6) is 1.46. The maximum atomic E-state index is 4.75. The monoisotopic (exact) mass is 115 g/mol. The smallest absolute Gasteiger partial charge is 0.00424 e. The molecule has 0 rings (SSSR count). The zero-order valence-corrected chi connectivity index (χ0v) is 5.50. The van der Waals surface area contributed by atoms with Crippen molar-refractivity contribution in [1.29, 1.82) is 0 Å². The van der Waals surface area contributed by atoms with E-state index in [0.717, 1.165) is 12.2 Å². The minimum Gasteiger partial charge on any atom is -0.103 e. The van der Waals surface area contributed by atoms with Crippen molar-refractivity contribution in [2.75, 3.05) is 5.75 Å². The number of hydrogen-bond acceptors (Lipinski definition) is 0. The Balaban J connectivity index is 2.98. The first-order valence-electron chi connectivity index (χ1n) is 2.52. The molecule has 1 unspecified atom stereocenters. The number of allylic oxidation sites excluding steroid dienone is 1. The highest BCUT2D eigenvalue weighted by Crippen LogP contribution is 2.01. The average Bonchev–Trinajstić information content (AvgIpc) is 1.68. The lowest BCUT2D eigenvalue weighted by Crippen LogP contribution is -1.87. The van der Waals surface area contributed by atoms with Gasteiger partial charge < -0.3 is 0 Å². The summed E-state index contributed by atoms with van der Waals surface area (Å²) in [5, 5.41) is 0. The SMILES string of the molecule is C=CC(C)CC[S]. The van der Waals surface area contributed by atoms with E-state index in [0.29, 0.717) is 5.92 Å². The second kappa shape index (κ2) is 4.25. The molecule has 0 aliphatic carbocycles. The molecular formula is C6H11S. The van der Waals surface area contributed by atoms with Gasteiger partial charge in [-0.15, -0.1) is 6.58 Å². The zero-order valence-electron chi connectivity index (χ0n) is 4.68. The molecule has 1 radical (unpaired) electrons. The van der Waals surface area contributed by atoms with Crippen LogP contribution in [0.4, 0.5) is 0 Å². The van der Waals surface area contributed by atoms with E-state index in [2.05, 4.69) is 13.5 Å². The standard InChI is InChI=1S/C6H11S/c1-3-6(2)4-5-7/h3,6H,1,4-5H2,2H3. The van der Waals surface area contributed by atoms with Crippen LogP contribution in [0.25, 0.3) is 0 Å². The van der Waals surface area contributed by atoms with Crippen LogP contribution in [0.1, 0.15) is 13.3 Å². The van der Waals surface area contributed by atoms with Gasteiger partial charge in [-0.2, -0.15) is 0 Å². The molecule has 0 aromatic rings. The maximum absolute atomic E-state index is 4.75. The molecular weight excluding hydrogens is 104 g/mol. The summed E-state index contributed by atoms with van der Waals surface area (Å²) >= 11 is 4.75. The van der Waals surface area contributed by atoms with Crippen molar-refractivity contribution in [3.63, 3.8) is 0 Å². The zero-order chi connectivity index (χ0) is 5.70. The van der Waals surface area contributed by atoms with Crippen LogP contribution in [0, 0.1) is 5.92 Å². The lowest BCUT2D eigenvalue weighted by Gasteiger charge is -1.97. The minimum absolute atomic E-state index is 0.609. The molecule has 0 heterocycles. The fourth-order valence-corrected chi connectivity index (χ4v) is 0.676. The highest BCUT2D eigenvalue weighted by atomic mass is 32.1. The molecule has 0 aromatic heterocycles. The predicted octanol–water partition coefficient (Wildman–Crippen LogP) is 2.40. The quantitative estimate of drug-likeness (QED) is 0.495. The van der Waals surface area contributed by atoms with E-state index in [1.807, 2.05) is 6.08 Å². The van der Waals surface area contributed by atoms with Crippen molar-refractivity contribution in [1.82, 2.24) is 0 Å². The summed E-state index contributed by atoms with van der Waals surface area (Å²) in [6.45, 7) is 5.76. The van der Waals surface area contributed by atoms with E-state index in [1.165, 1.54) is 0 Å². The Hall–Kier alpha value is 0.0900. The summed E-state index contributed by atoms with van der Waals surface area (Å²) < 4.78 is 0. The first-order valence-corrected chi connectivity index (χ1v) is 3.09. The van der Waals surface area contributed by atoms with Crippen molar-refractivity contribution in [3.05, 3.63) is 12.7 Å². The third-order valence-corrected chi connectivity index (χ3v) is 1.21. The van der Waals surface area contributed by atoms with Crippen LogP contribution in [0.2, 0.25) is 0 Å². The van der Waals surface area contributed by atoms with E-state index in [9.17, 15) is 0 Å². The van der Waals surface area contributed by atoms with E-state index < -0.39 is 0 Å². The Labute approximate surface area is 51.0 Å². The molecule has 7 heavy (non-hydrogen) atoms. The normalized spacial score (nSPS) is 13.4. The highest BCUT2D eigenvalue weighted by Gasteiger charge is 1.90. The first kappa shape index (κ1) is 7.09. The van der Waals surface area contributed by atoms with Gasteiger partial charge in [0, 0.05) is 5.75 Å². The van der Waals surface area contributed by atoms with Gasteiger partial charge in [0.1, 0.15) is 0 Å². The van der Waals surface area contributed by atoms with E-state index in [1.54, 1.807) is 0 Å². The number of rotatable bonds is 3. The van der Waals surface area contributed by atoms with Gasteiger partial charge in [-0.1, -0.05) is 25.6 Å². The summed E-state index contributed by atoms with van der Waals surface area (Å²) in [4.78, 5) is 0. The summed E-state index contributed by atoms with van der Waals surface area (Å²) in [7, 11) is 0. The molecule has 0 bridgehead atoms. The molecule has 41 valence electrons. The van der Waals surface area contributed by atoms with Gasteiger partial charge >= 0.3 is 0 Å². The molecule has 0 nitrogen and oxygen atoms in total.